The van der Waals surface area contributed by atoms with Gasteiger partial charge in [-0.3, -0.25) is 9.78 Å². The van der Waals surface area contributed by atoms with Crippen LogP contribution in [0.25, 0.3) is 11.4 Å². The van der Waals surface area contributed by atoms with Gasteiger partial charge in [0.2, 0.25) is 5.28 Å². The van der Waals surface area contributed by atoms with Gasteiger partial charge in [-0.25, -0.2) is 15.0 Å². The molecule has 0 radical (unpaired) electrons. The molecule has 7 nitrogen and oxygen atoms in total. The van der Waals surface area contributed by atoms with Gasteiger partial charge in [-0.15, -0.1) is 0 Å². The first-order chi connectivity index (χ1) is 12.5. The first-order valence-corrected chi connectivity index (χ1v) is 8.74. The predicted octanol–water partition coefficient (Wildman–Crippen LogP) is 3.01. The Kier molecular flexibility index (Phi) is 4.34. The number of nitrogens with zero attached hydrogens (tertiary/aromatic N) is 6. The molecule has 132 valence electrons. The van der Waals surface area contributed by atoms with E-state index in [9.17, 15) is 4.79 Å². The van der Waals surface area contributed by atoms with Gasteiger partial charge < -0.3 is 9.47 Å². The highest BCUT2D eigenvalue weighted by atomic mass is 35.5. The zero-order valence-corrected chi connectivity index (χ0v) is 15.4. The second-order valence-electron chi connectivity index (χ2n) is 5.98. The molecule has 0 fully saturated rings. The molecule has 3 aromatic heterocycles. The third-order valence-electron chi connectivity index (χ3n) is 4.12. The molecule has 3 aromatic rings. The van der Waals surface area contributed by atoms with E-state index in [2.05, 4.69) is 19.9 Å². The molecule has 0 N–H and O–H groups in total. The van der Waals surface area contributed by atoms with Gasteiger partial charge in [-0.2, -0.15) is 0 Å². The van der Waals surface area contributed by atoms with E-state index in [0.29, 0.717) is 41.9 Å². The summed E-state index contributed by atoms with van der Waals surface area (Å²) in [5, 5.41) is 0.409. The number of imidazole rings is 1. The summed E-state index contributed by atoms with van der Waals surface area (Å²) in [4.78, 5) is 31.4. The number of hydrogen-bond donors (Lipinski definition) is 0. The first kappa shape index (κ1) is 16.9. The molecule has 0 spiro atoms. The fourth-order valence-electron chi connectivity index (χ4n) is 2.90. The van der Waals surface area contributed by atoms with E-state index in [0.717, 1.165) is 11.4 Å². The first-order valence-electron chi connectivity index (χ1n) is 7.98. The summed E-state index contributed by atoms with van der Waals surface area (Å²) >= 11 is 12.0. The summed E-state index contributed by atoms with van der Waals surface area (Å²) in [6.07, 6.45) is 3.18. The maximum Gasteiger partial charge on any atom is 0.290 e. The minimum absolute atomic E-state index is 0.0776. The van der Waals surface area contributed by atoms with Gasteiger partial charge >= 0.3 is 0 Å². The molecule has 0 aromatic carbocycles. The molecular formula is C17H14Cl2N6O. The van der Waals surface area contributed by atoms with Crippen LogP contribution in [0.2, 0.25) is 10.3 Å². The highest BCUT2D eigenvalue weighted by Gasteiger charge is 2.28. The van der Waals surface area contributed by atoms with Crippen LogP contribution in [0.3, 0.4) is 0 Å². The highest BCUT2D eigenvalue weighted by Crippen LogP contribution is 2.27. The minimum atomic E-state index is -0.151. The Balaban J connectivity index is 1.63. The van der Waals surface area contributed by atoms with E-state index in [4.69, 9.17) is 23.2 Å². The van der Waals surface area contributed by atoms with Gasteiger partial charge in [0.1, 0.15) is 11.4 Å². The van der Waals surface area contributed by atoms with E-state index in [-0.39, 0.29) is 11.2 Å². The van der Waals surface area contributed by atoms with E-state index in [1.54, 1.807) is 11.1 Å². The molecule has 0 bridgehead atoms. The standard InChI is InChI=1S/C17H14Cl2N6O/c1-10-3-2-4-11(21-10)8-25-6-5-24-9-13(22-15(24)16(25)26)14-12(18)7-20-17(19)23-14/h2-4,7,9H,5-6,8H2,1H3. The molecule has 4 rings (SSSR count). The van der Waals surface area contributed by atoms with Crippen molar-refractivity contribution in [1.82, 2.24) is 29.4 Å². The lowest BCUT2D eigenvalue weighted by Crippen LogP contribution is -2.40. The predicted molar refractivity (Wildman–Crippen MR) is 97.0 cm³/mol. The molecule has 1 aliphatic heterocycles. The Bertz CT molecular complexity index is 1000. The topological polar surface area (TPSA) is 76.8 Å². The van der Waals surface area contributed by atoms with Crippen molar-refractivity contribution < 1.29 is 4.79 Å². The Morgan fingerprint density at radius 1 is 1.15 bits per heavy atom. The van der Waals surface area contributed by atoms with Crippen LogP contribution in [0, 0.1) is 6.92 Å². The normalized spacial score (nSPS) is 13.8. The van der Waals surface area contributed by atoms with E-state index in [1.807, 2.05) is 29.7 Å². The number of hydrogen-bond acceptors (Lipinski definition) is 5. The third kappa shape index (κ3) is 3.15. The average molecular weight is 389 g/mol. The van der Waals surface area contributed by atoms with Gasteiger partial charge in [0, 0.05) is 25.0 Å². The van der Waals surface area contributed by atoms with Crippen LogP contribution >= 0.6 is 23.2 Å². The van der Waals surface area contributed by atoms with Gasteiger partial charge in [-0.1, -0.05) is 17.7 Å². The summed E-state index contributed by atoms with van der Waals surface area (Å²) < 4.78 is 1.81. The number of aromatic nitrogens is 5. The maximum absolute atomic E-state index is 12.8. The van der Waals surface area contributed by atoms with Crippen LogP contribution in [0.15, 0.2) is 30.6 Å². The number of aryl methyl sites for hydroxylation is 1. The minimum Gasteiger partial charge on any atom is -0.328 e. The zero-order valence-electron chi connectivity index (χ0n) is 13.9. The lowest BCUT2D eigenvalue weighted by atomic mass is 10.2. The average Bonchev–Trinajstić information content (AvgIpc) is 3.04. The Hall–Kier alpha value is -2.51. The number of carbonyl (C=O) groups excluding carboxylic acids is 1. The van der Waals surface area contributed by atoms with Crippen LogP contribution in [-0.2, 0) is 13.1 Å². The third-order valence-corrected chi connectivity index (χ3v) is 4.58. The van der Waals surface area contributed by atoms with Gasteiger partial charge in [-0.05, 0) is 30.7 Å². The largest absolute Gasteiger partial charge is 0.328 e. The highest BCUT2D eigenvalue weighted by molar-refractivity contribution is 6.33. The summed E-state index contributed by atoms with van der Waals surface area (Å²) in [5.41, 5.74) is 2.68. The Morgan fingerprint density at radius 2 is 2.00 bits per heavy atom. The van der Waals surface area contributed by atoms with Crippen LogP contribution in [0.5, 0.6) is 0 Å². The Morgan fingerprint density at radius 3 is 2.81 bits per heavy atom. The van der Waals surface area contributed by atoms with E-state index >= 15 is 0 Å². The molecule has 0 aliphatic carbocycles. The quantitative estimate of drug-likeness (QED) is 0.644. The smallest absolute Gasteiger partial charge is 0.290 e. The second kappa shape index (κ2) is 6.66. The van der Waals surface area contributed by atoms with Crippen LogP contribution in [-0.4, -0.2) is 41.9 Å². The van der Waals surface area contributed by atoms with Crippen molar-refractivity contribution in [2.45, 2.75) is 20.0 Å². The molecule has 26 heavy (non-hydrogen) atoms. The number of rotatable bonds is 3. The SMILES string of the molecule is Cc1cccc(CN2CCn3cc(-c4nc(Cl)ncc4Cl)nc3C2=O)n1. The van der Waals surface area contributed by atoms with Crippen LogP contribution in [0.1, 0.15) is 22.0 Å². The summed E-state index contributed by atoms with van der Waals surface area (Å²) in [5.74, 6) is 0.201. The lowest BCUT2D eigenvalue weighted by molar-refractivity contribution is 0.0680. The number of amides is 1. The van der Waals surface area contributed by atoms with Crippen molar-refractivity contribution in [3.8, 4) is 11.4 Å². The summed E-state index contributed by atoms with van der Waals surface area (Å²) in [7, 11) is 0. The van der Waals surface area contributed by atoms with Gasteiger partial charge in [0.15, 0.2) is 5.82 Å². The number of fused-ring (bicyclic) bond motifs is 1. The second-order valence-corrected chi connectivity index (χ2v) is 6.72. The zero-order chi connectivity index (χ0) is 18.3. The van der Waals surface area contributed by atoms with Gasteiger partial charge in [0.25, 0.3) is 5.91 Å². The van der Waals surface area contributed by atoms with Crippen molar-refractivity contribution in [2.75, 3.05) is 6.54 Å². The van der Waals surface area contributed by atoms with E-state index in [1.165, 1.54) is 6.20 Å². The monoisotopic (exact) mass is 388 g/mol. The molecule has 4 heterocycles. The number of carbonyl (C=O) groups is 1. The van der Waals surface area contributed by atoms with Crippen LogP contribution < -0.4 is 0 Å². The van der Waals surface area contributed by atoms with Crippen LogP contribution in [0.4, 0.5) is 0 Å². The molecule has 9 heteroatoms. The molecule has 0 unspecified atom stereocenters. The Labute approximate surface area is 159 Å². The molecule has 0 atom stereocenters. The van der Waals surface area contributed by atoms with Crippen molar-refractivity contribution in [2.24, 2.45) is 0 Å². The molecular weight excluding hydrogens is 375 g/mol. The van der Waals surface area contributed by atoms with E-state index < -0.39 is 0 Å². The molecule has 1 amide bonds. The number of pyridine rings is 1. The molecule has 0 saturated heterocycles. The van der Waals surface area contributed by atoms with Crippen molar-refractivity contribution in [3.63, 3.8) is 0 Å². The molecule has 0 saturated carbocycles. The lowest BCUT2D eigenvalue weighted by Gasteiger charge is -2.27. The summed E-state index contributed by atoms with van der Waals surface area (Å²) in [6.45, 7) is 3.59. The van der Waals surface area contributed by atoms with Crippen molar-refractivity contribution in [1.29, 1.82) is 0 Å². The van der Waals surface area contributed by atoms with Crippen molar-refractivity contribution in [3.05, 3.63) is 58.1 Å². The van der Waals surface area contributed by atoms with Crippen molar-refractivity contribution >= 4 is 29.1 Å². The number of halogens is 2. The fourth-order valence-corrected chi connectivity index (χ4v) is 3.22. The summed E-state index contributed by atoms with van der Waals surface area (Å²) in [6, 6.07) is 5.78. The molecule has 1 aliphatic rings. The van der Waals surface area contributed by atoms with Gasteiger partial charge in [0.05, 0.1) is 23.5 Å². The maximum atomic E-state index is 12.8. The fraction of sp³-hybridized carbons (Fsp3) is 0.235.